The highest BCUT2D eigenvalue weighted by Crippen LogP contribution is 1.97. The maximum atomic E-state index is 11.4. The molecule has 108 valence electrons. The van der Waals surface area contributed by atoms with E-state index in [2.05, 4.69) is 10.6 Å². The van der Waals surface area contributed by atoms with Gasteiger partial charge in [0.2, 0.25) is 11.8 Å². The number of rotatable bonds is 7. The highest BCUT2D eigenvalue weighted by Gasteiger charge is 2.20. The van der Waals surface area contributed by atoms with Crippen LogP contribution < -0.4 is 16.4 Å². The summed E-state index contributed by atoms with van der Waals surface area (Å²) >= 11 is 0. The van der Waals surface area contributed by atoms with E-state index in [-0.39, 0.29) is 25.3 Å². The van der Waals surface area contributed by atoms with Crippen molar-refractivity contribution >= 4 is 23.8 Å². The van der Waals surface area contributed by atoms with E-state index in [1.165, 1.54) is 19.0 Å². The van der Waals surface area contributed by atoms with E-state index in [0.717, 1.165) is 0 Å². The number of carboxylic acids is 1. The molecule has 0 bridgehead atoms. The Morgan fingerprint density at radius 3 is 2.26 bits per heavy atom. The summed E-state index contributed by atoms with van der Waals surface area (Å²) in [6, 6.07) is -2.03. The van der Waals surface area contributed by atoms with E-state index >= 15 is 0 Å². The van der Waals surface area contributed by atoms with Crippen LogP contribution in [0.5, 0.6) is 0 Å². The average Bonchev–Trinajstić information content (AvgIpc) is 2.30. The number of nitrogens with two attached hydrogens (primary N) is 1. The molecule has 0 aliphatic carbocycles. The summed E-state index contributed by atoms with van der Waals surface area (Å²) in [5.74, 6) is -2.27. The van der Waals surface area contributed by atoms with Gasteiger partial charge >= 0.3 is 12.0 Å². The van der Waals surface area contributed by atoms with Crippen molar-refractivity contribution in [1.82, 2.24) is 15.5 Å². The van der Waals surface area contributed by atoms with Crippen molar-refractivity contribution in [3.05, 3.63) is 0 Å². The maximum Gasteiger partial charge on any atom is 0.326 e. The van der Waals surface area contributed by atoms with Crippen molar-refractivity contribution in [2.45, 2.75) is 18.9 Å². The number of carbonyl (C=O) groups excluding carboxylic acids is 3. The molecule has 0 aliphatic heterocycles. The molecule has 19 heavy (non-hydrogen) atoms. The molecule has 0 aliphatic rings. The molecule has 9 heteroatoms. The number of nitrogens with zero attached hydrogens (tertiary/aromatic N) is 1. The fourth-order valence-corrected chi connectivity index (χ4v) is 1.07. The summed E-state index contributed by atoms with van der Waals surface area (Å²) in [6.45, 7) is -0.249. The minimum Gasteiger partial charge on any atom is -0.480 e. The SMILES string of the molecule is CN(C)C(=O)CNC(=O)N[C@@H](CCC(N)=O)C(=O)O. The van der Waals surface area contributed by atoms with Crippen LogP contribution in [0.1, 0.15) is 12.8 Å². The third kappa shape index (κ3) is 7.58. The Bertz CT molecular complexity index is 369. The number of hydrogen-bond acceptors (Lipinski definition) is 4. The lowest BCUT2D eigenvalue weighted by Gasteiger charge is -2.15. The van der Waals surface area contributed by atoms with Gasteiger partial charge < -0.3 is 26.4 Å². The number of urea groups is 1. The molecule has 0 saturated heterocycles. The summed E-state index contributed by atoms with van der Waals surface area (Å²) in [5.41, 5.74) is 4.89. The number of primary amides is 1. The molecule has 0 radical (unpaired) electrons. The van der Waals surface area contributed by atoms with Gasteiger partial charge in [0, 0.05) is 20.5 Å². The van der Waals surface area contributed by atoms with Crippen LogP contribution in [0.2, 0.25) is 0 Å². The molecule has 1 atom stereocenters. The predicted octanol–water partition coefficient (Wildman–Crippen LogP) is -1.91. The Kier molecular flexibility index (Phi) is 6.94. The minimum atomic E-state index is -1.28. The van der Waals surface area contributed by atoms with Crippen LogP contribution in [-0.2, 0) is 14.4 Å². The van der Waals surface area contributed by atoms with E-state index < -0.39 is 23.9 Å². The summed E-state index contributed by atoms with van der Waals surface area (Å²) in [6.07, 6.45) is -0.270. The van der Waals surface area contributed by atoms with Crippen molar-refractivity contribution in [3.63, 3.8) is 0 Å². The first-order valence-corrected chi connectivity index (χ1v) is 5.49. The lowest BCUT2D eigenvalue weighted by molar-refractivity contribution is -0.139. The molecule has 0 saturated carbocycles. The number of amides is 4. The van der Waals surface area contributed by atoms with E-state index in [1.807, 2.05) is 0 Å². The quantitative estimate of drug-likeness (QED) is 0.428. The zero-order valence-electron chi connectivity index (χ0n) is 10.8. The normalized spacial score (nSPS) is 11.3. The molecule has 0 aromatic carbocycles. The lowest BCUT2D eigenvalue weighted by Crippen LogP contribution is -2.48. The number of aliphatic carboxylic acids is 1. The molecule has 0 unspecified atom stereocenters. The molecular formula is C10H18N4O5. The van der Waals surface area contributed by atoms with Gasteiger partial charge in [-0.3, -0.25) is 9.59 Å². The number of nitrogens with one attached hydrogen (secondary N) is 2. The lowest BCUT2D eigenvalue weighted by atomic mass is 10.1. The van der Waals surface area contributed by atoms with Crippen LogP contribution in [0, 0.1) is 0 Å². The standard InChI is InChI=1S/C10H18N4O5/c1-14(2)8(16)5-12-10(19)13-6(9(17)18)3-4-7(11)15/h6H,3-5H2,1-2H3,(H2,11,15)(H,17,18)(H2,12,13,19)/t6-/m0/s1. The van der Waals surface area contributed by atoms with Gasteiger partial charge in [-0.1, -0.05) is 0 Å². The Labute approximate surface area is 110 Å². The summed E-state index contributed by atoms with van der Waals surface area (Å²) in [7, 11) is 3.05. The molecular weight excluding hydrogens is 256 g/mol. The first-order chi connectivity index (χ1) is 8.73. The van der Waals surface area contributed by atoms with E-state index in [9.17, 15) is 19.2 Å². The number of likely N-dealkylation sites (N-methyl/N-ethyl adjacent to an activating group) is 1. The number of carbonyl (C=O) groups is 4. The molecule has 5 N–H and O–H groups in total. The van der Waals surface area contributed by atoms with Gasteiger partial charge in [0.05, 0.1) is 6.54 Å². The van der Waals surface area contributed by atoms with Crippen LogP contribution in [0.25, 0.3) is 0 Å². The Morgan fingerprint density at radius 1 is 1.26 bits per heavy atom. The molecule has 0 heterocycles. The Morgan fingerprint density at radius 2 is 1.84 bits per heavy atom. The zero-order valence-corrected chi connectivity index (χ0v) is 10.8. The molecule has 0 spiro atoms. The van der Waals surface area contributed by atoms with Gasteiger partial charge in [-0.2, -0.15) is 0 Å². The van der Waals surface area contributed by atoms with E-state index in [1.54, 1.807) is 0 Å². The second-order valence-corrected chi connectivity index (χ2v) is 4.01. The zero-order chi connectivity index (χ0) is 15.0. The molecule has 4 amide bonds. The van der Waals surface area contributed by atoms with Gasteiger partial charge in [0.25, 0.3) is 0 Å². The monoisotopic (exact) mass is 274 g/mol. The van der Waals surface area contributed by atoms with E-state index in [4.69, 9.17) is 10.8 Å². The molecule has 9 nitrogen and oxygen atoms in total. The third-order valence-corrected chi connectivity index (χ3v) is 2.18. The summed E-state index contributed by atoms with van der Waals surface area (Å²) < 4.78 is 0. The molecule has 0 rings (SSSR count). The van der Waals surface area contributed by atoms with E-state index in [0.29, 0.717) is 0 Å². The highest BCUT2D eigenvalue weighted by atomic mass is 16.4. The predicted molar refractivity (Wildman–Crippen MR) is 65.1 cm³/mol. The average molecular weight is 274 g/mol. The van der Waals surface area contributed by atoms with Crippen LogP contribution in [0.4, 0.5) is 4.79 Å². The molecule has 0 aromatic heterocycles. The smallest absolute Gasteiger partial charge is 0.326 e. The van der Waals surface area contributed by atoms with Crippen molar-refractivity contribution < 1.29 is 24.3 Å². The van der Waals surface area contributed by atoms with Crippen LogP contribution >= 0.6 is 0 Å². The van der Waals surface area contributed by atoms with Crippen LogP contribution in [-0.4, -0.2) is 60.5 Å². The van der Waals surface area contributed by atoms with Gasteiger partial charge in [0.1, 0.15) is 6.04 Å². The summed E-state index contributed by atoms with van der Waals surface area (Å²) in [5, 5.41) is 13.2. The van der Waals surface area contributed by atoms with Gasteiger partial charge in [-0.25, -0.2) is 9.59 Å². The van der Waals surface area contributed by atoms with Gasteiger partial charge in [-0.05, 0) is 6.42 Å². The fraction of sp³-hybridized carbons (Fsp3) is 0.600. The highest BCUT2D eigenvalue weighted by molar-refractivity contribution is 5.86. The van der Waals surface area contributed by atoms with Gasteiger partial charge in [0.15, 0.2) is 0 Å². The first-order valence-electron chi connectivity index (χ1n) is 5.49. The molecule has 0 aromatic rings. The maximum absolute atomic E-state index is 11.4. The second kappa shape index (κ2) is 7.90. The van der Waals surface area contributed by atoms with Crippen molar-refractivity contribution in [1.29, 1.82) is 0 Å². The van der Waals surface area contributed by atoms with Crippen LogP contribution in [0.3, 0.4) is 0 Å². The summed E-state index contributed by atoms with van der Waals surface area (Å²) in [4.78, 5) is 45.2. The largest absolute Gasteiger partial charge is 0.480 e. The van der Waals surface area contributed by atoms with Crippen LogP contribution in [0.15, 0.2) is 0 Å². The minimum absolute atomic E-state index is 0.111. The topological polar surface area (TPSA) is 142 Å². The number of carboxylic acid groups (broad SMARTS) is 1. The second-order valence-electron chi connectivity index (χ2n) is 4.01. The fourth-order valence-electron chi connectivity index (χ4n) is 1.07. The molecule has 0 fully saturated rings. The Balaban J connectivity index is 4.21. The van der Waals surface area contributed by atoms with Gasteiger partial charge in [-0.15, -0.1) is 0 Å². The van der Waals surface area contributed by atoms with Crippen molar-refractivity contribution in [2.75, 3.05) is 20.6 Å². The number of hydrogen-bond donors (Lipinski definition) is 4. The van der Waals surface area contributed by atoms with Crippen molar-refractivity contribution in [2.24, 2.45) is 5.73 Å². The van der Waals surface area contributed by atoms with Crippen molar-refractivity contribution in [3.8, 4) is 0 Å². The Hall–Kier alpha value is -2.32. The third-order valence-electron chi connectivity index (χ3n) is 2.18. The first kappa shape index (κ1) is 16.7.